The average Bonchev–Trinajstić information content (AvgIpc) is 3.09. The number of benzene rings is 2. The predicted octanol–water partition coefficient (Wildman–Crippen LogP) is 3.31. The molecule has 1 heterocycles. The standard InChI is InChI=1S/C20H23NO3/c1-2-16-8-10-17(11-9-16)23-15-20(22)21-13-12-19(14-21)24-18-6-4-3-5-7-18/h3-11,19H,2,12-15H2,1H3/t19-/m0/s1. The van der Waals surface area contributed by atoms with Gasteiger partial charge in [0.2, 0.25) is 0 Å². The fourth-order valence-corrected chi connectivity index (χ4v) is 2.80. The van der Waals surface area contributed by atoms with E-state index in [0.29, 0.717) is 13.1 Å². The summed E-state index contributed by atoms with van der Waals surface area (Å²) in [7, 11) is 0. The molecule has 4 nitrogen and oxygen atoms in total. The van der Waals surface area contributed by atoms with Crippen LogP contribution < -0.4 is 9.47 Å². The lowest BCUT2D eigenvalue weighted by Gasteiger charge is -2.17. The van der Waals surface area contributed by atoms with E-state index in [1.165, 1.54) is 5.56 Å². The molecule has 0 unspecified atom stereocenters. The highest BCUT2D eigenvalue weighted by Crippen LogP contribution is 2.18. The number of amides is 1. The topological polar surface area (TPSA) is 38.8 Å². The molecule has 0 N–H and O–H groups in total. The molecule has 0 aromatic heterocycles. The van der Waals surface area contributed by atoms with Crippen LogP contribution in [0.25, 0.3) is 0 Å². The maximum Gasteiger partial charge on any atom is 0.260 e. The first kappa shape index (κ1) is 16.4. The Morgan fingerprint density at radius 1 is 1.08 bits per heavy atom. The number of likely N-dealkylation sites (tertiary alicyclic amines) is 1. The van der Waals surface area contributed by atoms with Crippen molar-refractivity contribution >= 4 is 5.91 Å². The smallest absolute Gasteiger partial charge is 0.260 e. The Hall–Kier alpha value is -2.49. The van der Waals surface area contributed by atoms with Crippen LogP contribution in [0.4, 0.5) is 0 Å². The highest BCUT2D eigenvalue weighted by molar-refractivity contribution is 5.78. The van der Waals surface area contributed by atoms with Crippen molar-refractivity contribution in [2.24, 2.45) is 0 Å². The molecule has 0 spiro atoms. The number of para-hydroxylation sites is 1. The Kier molecular flexibility index (Phi) is 5.36. The first-order chi connectivity index (χ1) is 11.7. The first-order valence-electron chi connectivity index (χ1n) is 8.46. The number of carbonyl (C=O) groups excluding carboxylic acids is 1. The normalized spacial score (nSPS) is 16.9. The molecular weight excluding hydrogens is 302 g/mol. The summed E-state index contributed by atoms with van der Waals surface area (Å²) in [6.07, 6.45) is 1.90. The van der Waals surface area contributed by atoms with Gasteiger partial charge in [-0.3, -0.25) is 4.79 Å². The van der Waals surface area contributed by atoms with Crippen LogP contribution in [0.1, 0.15) is 18.9 Å². The third kappa shape index (κ3) is 4.28. The average molecular weight is 325 g/mol. The lowest BCUT2D eigenvalue weighted by molar-refractivity contribution is -0.132. The molecule has 0 bridgehead atoms. The second-order valence-corrected chi connectivity index (χ2v) is 5.97. The van der Waals surface area contributed by atoms with Crippen molar-refractivity contribution in [2.45, 2.75) is 25.9 Å². The van der Waals surface area contributed by atoms with E-state index in [2.05, 4.69) is 6.92 Å². The lowest BCUT2D eigenvalue weighted by atomic mass is 10.2. The highest BCUT2D eigenvalue weighted by atomic mass is 16.5. The number of aryl methyl sites for hydroxylation is 1. The minimum Gasteiger partial charge on any atom is -0.489 e. The summed E-state index contributed by atoms with van der Waals surface area (Å²) in [5.74, 6) is 1.59. The van der Waals surface area contributed by atoms with Gasteiger partial charge in [-0.2, -0.15) is 0 Å². The minimum absolute atomic E-state index is 0.00808. The SMILES string of the molecule is CCc1ccc(OCC(=O)N2CC[C@H](Oc3ccccc3)C2)cc1. The molecule has 1 aliphatic rings. The fourth-order valence-electron chi connectivity index (χ4n) is 2.80. The number of nitrogens with zero attached hydrogens (tertiary/aromatic N) is 1. The van der Waals surface area contributed by atoms with E-state index in [1.54, 1.807) is 0 Å². The lowest BCUT2D eigenvalue weighted by Crippen LogP contribution is -2.34. The van der Waals surface area contributed by atoms with Crippen molar-refractivity contribution in [2.75, 3.05) is 19.7 Å². The summed E-state index contributed by atoms with van der Waals surface area (Å²) in [5.41, 5.74) is 1.26. The van der Waals surface area contributed by atoms with Gasteiger partial charge in [-0.1, -0.05) is 37.3 Å². The highest BCUT2D eigenvalue weighted by Gasteiger charge is 2.27. The quantitative estimate of drug-likeness (QED) is 0.818. The molecule has 126 valence electrons. The van der Waals surface area contributed by atoms with Crippen LogP contribution in [-0.2, 0) is 11.2 Å². The van der Waals surface area contributed by atoms with Crippen molar-refractivity contribution in [3.63, 3.8) is 0 Å². The summed E-state index contributed by atoms with van der Waals surface area (Å²) >= 11 is 0. The largest absolute Gasteiger partial charge is 0.489 e. The summed E-state index contributed by atoms with van der Waals surface area (Å²) in [6.45, 7) is 3.52. The zero-order valence-electron chi connectivity index (χ0n) is 14.0. The first-order valence-corrected chi connectivity index (χ1v) is 8.46. The number of ether oxygens (including phenoxy) is 2. The molecule has 1 aliphatic heterocycles. The Morgan fingerprint density at radius 2 is 1.83 bits per heavy atom. The molecule has 0 radical (unpaired) electrons. The second kappa shape index (κ2) is 7.86. The van der Waals surface area contributed by atoms with Crippen LogP contribution in [0.15, 0.2) is 54.6 Å². The fraction of sp³-hybridized carbons (Fsp3) is 0.350. The van der Waals surface area contributed by atoms with Crippen LogP contribution in [0.2, 0.25) is 0 Å². The number of carbonyl (C=O) groups is 1. The van der Waals surface area contributed by atoms with Gasteiger partial charge in [0, 0.05) is 13.0 Å². The second-order valence-electron chi connectivity index (χ2n) is 5.97. The van der Waals surface area contributed by atoms with Crippen LogP contribution in [0, 0.1) is 0 Å². The third-order valence-electron chi connectivity index (χ3n) is 4.24. The van der Waals surface area contributed by atoms with Crippen LogP contribution >= 0.6 is 0 Å². The number of hydrogen-bond donors (Lipinski definition) is 0. The van der Waals surface area contributed by atoms with Gasteiger partial charge in [0.05, 0.1) is 6.54 Å². The molecule has 4 heteroatoms. The number of rotatable bonds is 6. The molecule has 1 fully saturated rings. The molecule has 24 heavy (non-hydrogen) atoms. The molecule has 1 saturated heterocycles. The van der Waals surface area contributed by atoms with Crippen molar-refractivity contribution in [1.82, 2.24) is 4.90 Å². The molecule has 2 aromatic carbocycles. The van der Waals surface area contributed by atoms with Crippen LogP contribution in [0.5, 0.6) is 11.5 Å². The van der Waals surface area contributed by atoms with Gasteiger partial charge in [-0.15, -0.1) is 0 Å². The van der Waals surface area contributed by atoms with Crippen molar-refractivity contribution in [1.29, 1.82) is 0 Å². The van der Waals surface area contributed by atoms with Gasteiger partial charge in [-0.05, 0) is 36.2 Å². The van der Waals surface area contributed by atoms with Crippen LogP contribution in [-0.4, -0.2) is 36.6 Å². The van der Waals surface area contributed by atoms with Gasteiger partial charge in [0.15, 0.2) is 6.61 Å². The molecule has 0 aliphatic carbocycles. The van der Waals surface area contributed by atoms with E-state index in [9.17, 15) is 4.79 Å². The summed E-state index contributed by atoms with van der Waals surface area (Å²) in [4.78, 5) is 14.1. The van der Waals surface area contributed by atoms with Gasteiger partial charge >= 0.3 is 0 Å². The number of hydrogen-bond acceptors (Lipinski definition) is 3. The zero-order valence-corrected chi connectivity index (χ0v) is 14.0. The molecular formula is C20H23NO3. The Labute approximate surface area is 143 Å². The van der Waals surface area contributed by atoms with Gasteiger partial charge < -0.3 is 14.4 Å². The van der Waals surface area contributed by atoms with E-state index in [1.807, 2.05) is 59.5 Å². The summed E-state index contributed by atoms with van der Waals surface area (Å²) in [6, 6.07) is 17.6. The monoisotopic (exact) mass is 325 g/mol. The minimum atomic E-state index is 0.00808. The van der Waals surface area contributed by atoms with E-state index < -0.39 is 0 Å². The third-order valence-corrected chi connectivity index (χ3v) is 4.24. The molecule has 1 atom stereocenters. The van der Waals surface area contributed by atoms with E-state index in [0.717, 1.165) is 24.3 Å². The summed E-state index contributed by atoms with van der Waals surface area (Å²) in [5, 5.41) is 0. The van der Waals surface area contributed by atoms with Gasteiger partial charge in [0.1, 0.15) is 17.6 Å². The molecule has 2 aromatic rings. The Morgan fingerprint density at radius 3 is 2.54 bits per heavy atom. The van der Waals surface area contributed by atoms with Crippen molar-refractivity contribution in [3.8, 4) is 11.5 Å². The Bertz CT molecular complexity index is 654. The maximum atomic E-state index is 12.3. The zero-order chi connectivity index (χ0) is 16.8. The van der Waals surface area contributed by atoms with E-state index in [-0.39, 0.29) is 18.6 Å². The van der Waals surface area contributed by atoms with Gasteiger partial charge in [-0.25, -0.2) is 0 Å². The summed E-state index contributed by atoms with van der Waals surface area (Å²) < 4.78 is 11.5. The predicted molar refractivity (Wildman–Crippen MR) is 93.4 cm³/mol. The van der Waals surface area contributed by atoms with E-state index in [4.69, 9.17) is 9.47 Å². The molecule has 1 amide bonds. The van der Waals surface area contributed by atoms with Crippen molar-refractivity contribution in [3.05, 3.63) is 60.2 Å². The van der Waals surface area contributed by atoms with E-state index >= 15 is 0 Å². The maximum absolute atomic E-state index is 12.3. The molecule has 3 rings (SSSR count). The molecule has 0 saturated carbocycles. The van der Waals surface area contributed by atoms with Crippen LogP contribution in [0.3, 0.4) is 0 Å². The Balaban J connectivity index is 1.45. The van der Waals surface area contributed by atoms with Gasteiger partial charge in [0.25, 0.3) is 5.91 Å². The van der Waals surface area contributed by atoms with Crippen molar-refractivity contribution < 1.29 is 14.3 Å².